The van der Waals surface area contributed by atoms with Gasteiger partial charge in [0.25, 0.3) is 0 Å². The van der Waals surface area contributed by atoms with E-state index < -0.39 is 96.8 Å². The van der Waals surface area contributed by atoms with Crippen molar-refractivity contribution in [3.63, 3.8) is 0 Å². The standard InChI is InChI=1S/C29H40O9.C28H40O10/c1-6-10-22-13-14-29(32-5)28(36-22)27(35-20(4)31)25-26(38-29)24(34-17-21-11-8-7-9-12-21)23(37-25)15-18(2)16-33-19(3)30;1-17(15-33-18(2)30)14-22-23(34-16-20-8-6-5-7-9-20)25-24(37-22)26(35-19(3)31)27-28(32-4,38-25)12-10-21(36-27)11-13-29/h6-9,11-12,18,22-28H,1,10,13-17H2,2-5H3;5-9,17,21-27,29H,10-16H2,1-4H3/t18-,22-,23-,24+,25-,26+,27+,28-,29?;17-,21-,22-,23+,24-,25+,26+,27-,28?/m11/s1. The van der Waals surface area contributed by atoms with Gasteiger partial charge in [-0.15, -0.1) is 6.58 Å². The summed E-state index contributed by atoms with van der Waals surface area (Å²) in [6.07, 6.45) is -1.10. The highest BCUT2D eigenvalue weighted by Gasteiger charge is 2.67. The van der Waals surface area contributed by atoms with Crippen LogP contribution in [0.3, 0.4) is 0 Å². The first-order valence-corrected chi connectivity index (χ1v) is 26.7. The van der Waals surface area contributed by atoms with Crippen molar-refractivity contribution in [2.45, 2.75) is 203 Å². The number of carbonyl (C=O) groups is 4. The van der Waals surface area contributed by atoms with E-state index in [2.05, 4.69) is 6.58 Å². The molecular weight excluding hydrogens is 989 g/mol. The van der Waals surface area contributed by atoms with Crippen LogP contribution in [0.5, 0.6) is 0 Å². The molecule has 0 spiro atoms. The molecule has 2 unspecified atom stereocenters. The van der Waals surface area contributed by atoms with Crippen LogP contribution in [0.25, 0.3) is 0 Å². The van der Waals surface area contributed by atoms with Gasteiger partial charge in [-0.3, -0.25) is 19.2 Å². The van der Waals surface area contributed by atoms with Gasteiger partial charge in [0, 0.05) is 61.4 Å². The van der Waals surface area contributed by atoms with Gasteiger partial charge in [-0.1, -0.05) is 80.6 Å². The number of hydrogen-bond donors (Lipinski definition) is 1. The Morgan fingerprint density at radius 2 is 1.04 bits per heavy atom. The van der Waals surface area contributed by atoms with Crippen molar-refractivity contribution in [1.82, 2.24) is 0 Å². The molecule has 0 amide bonds. The molecule has 0 radical (unpaired) electrons. The van der Waals surface area contributed by atoms with Crippen LogP contribution < -0.4 is 0 Å². The minimum atomic E-state index is -1.16. The molecule has 19 heteroatoms. The Balaban J connectivity index is 0.000000221. The Bertz CT molecular complexity index is 2180. The smallest absolute Gasteiger partial charge is 0.303 e. The van der Waals surface area contributed by atoms with Gasteiger partial charge in [0.2, 0.25) is 0 Å². The summed E-state index contributed by atoms with van der Waals surface area (Å²) < 4.78 is 86.2. The van der Waals surface area contributed by atoms with Crippen molar-refractivity contribution in [3.05, 3.63) is 84.4 Å². The van der Waals surface area contributed by atoms with Crippen molar-refractivity contribution < 1.29 is 90.6 Å². The minimum Gasteiger partial charge on any atom is -0.466 e. The fourth-order valence-corrected chi connectivity index (χ4v) is 11.4. The van der Waals surface area contributed by atoms with E-state index in [0.29, 0.717) is 64.6 Å². The monoisotopic (exact) mass is 1070 g/mol. The maximum absolute atomic E-state index is 12.3. The summed E-state index contributed by atoms with van der Waals surface area (Å²) in [6, 6.07) is 19.7. The first-order chi connectivity index (χ1) is 36.5. The Hall–Kier alpha value is -4.38. The number of esters is 4. The fourth-order valence-electron chi connectivity index (χ4n) is 11.4. The summed E-state index contributed by atoms with van der Waals surface area (Å²) in [5.74, 6) is -3.86. The molecule has 6 saturated heterocycles. The molecule has 18 atom stereocenters. The zero-order chi connectivity index (χ0) is 54.6. The number of fused-ring (bicyclic) bond motifs is 4. The number of aliphatic hydroxyl groups is 1. The zero-order valence-corrected chi connectivity index (χ0v) is 45.3. The topological polar surface area (TPSA) is 218 Å². The molecule has 6 heterocycles. The Morgan fingerprint density at radius 3 is 1.42 bits per heavy atom. The van der Waals surface area contributed by atoms with E-state index in [9.17, 15) is 24.3 Å². The van der Waals surface area contributed by atoms with E-state index in [1.165, 1.54) is 27.7 Å². The second kappa shape index (κ2) is 27.5. The van der Waals surface area contributed by atoms with E-state index in [-0.39, 0.29) is 55.8 Å². The molecule has 8 rings (SSSR count). The third-order valence-corrected chi connectivity index (χ3v) is 14.9. The Kier molecular flexibility index (Phi) is 21.4. The summed E-state index contributed by atoms with van der Waals surface area (Å²) in [5, 5.41) is 9.48. The number of methoxy groups -OCH3 is 2. The predicted molar refractivity (Wildman–Crippen MR) is 271 cm³/mol. The van der Waals surface area contributed by atoms with Gasteiger partial charge < -0.3 is 71.4 Å². The zero-order valence-electron chi connectivity index (χ0n) is 45.3. The van der Waals surface area contributed by atoms with Gasteiger partial charge in [0.1, 0.15) is 36.6 Å². The lowest BCUT2D eigenvalue weighted by Gasteiger charge is -2.53. The first kappa shape index (κ1) is 59.3. The average Bonchev–Trinajstić information content (AvgIpc) is 3.94. The van der Waals surface area contributed by atoms with Crippen LogP contribution in [-0.2, 0) is 98.7 Å². The summed E-state index contributed by atoms with van der Waals surface area (Å²) in [7, 11) is 3.14. The number of benzene rings is 2. The molecule has 0 saturated carbocycles. The highest BCUT2D eigenvalue weighted by molar-refractivity contribution is 5.67. The predicted octanol–water partition coefficient (Wildman–Crippen LogP) is 6.26. The molecule has 2 aromatic rings. The summed E-state index contributed by atoms with van der Waals surface area (Å²) in [6.45, 7) is 14.5. The van der Waals surface area contributed by atoms with Gasteiger partial charge in [-0.05, 0) is 61.5 Å². The van der Waals surface area contributed by atoms with E-state index >= 15 is 0 Å². The lowest BCUT2D eigenvalue weighted by Crippen LogP contribution is -2.69. The van der Waals surface area contributed by atoms with E-state index in [1.807, 2.05) is 80.6 Å². The van der Waals surface area contributed by atoms with Gasteiger partial charge >= 0.3 is 23.9 Å². The molecule has 0 bridgehead atoms. The van der Waals surface area contributed by atoms with Crippen LogP contribution in [-0.4, -0.2) is 160 Å². The average molecular weight is 1070 g/mol. The van der Waals surface area contributed by atoms with Crippen molar-refractivity contribution in [3.8, 4) is 0 Å². The number of ether oxygens (including phenoxy) is 14. The molecule has 422 valence electrons. The molecule has 0 aromatic heterocycles. The van der Waals surface area contributed by atoms with Crippen molar-refractivity contribution in [2.24, 2.45) is 11.8 Å². The second-order valence-corrected chi connectivity index (χ2v) is 20.9. The summed E-state index contributed by atoms with van der Waals surface area (Å²) in [5.41, 5.74) is 2.02. The second-order valence-electron chi connectivity index (χ2n) is 20.9. The van der Waals surface area contributed by atoms with Crippen molar-refractivity contribution in [2.75, 3.05) is 34.0 Å². The van der Waals surface area contributed by atoms with Gasteiger partial charge in [0.15, 0.2) is 36.0 Å². The van der Waals surface area contributed by atoms with Crippen LogP contribution in [0.15, 0.2) is 73.3 Å². The largest absolute Gasteiger partial charge is 0.466 e. The Labute approximate surface area is 446 Å². The molecule has 2 aromatic carbocycles. The third-order valence-electron chi connectivity index (χ3n) is 14.9. The van der Waals surface area contributed by atoms with Crippen LogP contribution >= 0.6 is 0 Å². The molecule has 76 heavy (non-hydrogen) atoms. The van der Waals surface area contributed by atoms with Gasteiger partial charge in [-0.2, -0.15) is 0 Å². The molecular formula is C57H80O19. The third kappa shape index (κ3) is 14.6. The van der Waals surface area contributed by atoms with Crippen LogP contribution in [0.4, 0.5) is 0 Å². The minimum absolute atomic E-state index is 0.00550. The fraction of sp³-hybridized carbons (Fsp3) is 0.684. The van der Waals surface area contributed by atoms with E-state index in [1.54, 1.807) is 14.2 Å². The summed E-state index contributed by atoms with van der Waals surface area (Å²) in [4.78, 5) is 47.2. The highest BCUT2D eigenvalue weighted by Crippen LogP contribution is 2.50. The normalized spacial score (nSPS) is 35.1. The molecule has 0 aliphatic carbocycles. The maximum atomic E-state index is 12.3. The number of rotatable bonds is 22. The van der Waals surface area contributed by atoms with Crippen LogP contribution in [0, 0.1) is 11.8 Å². The molecule has 19 nitrogen and oxygen atoms in total. The molecule has 6 fully saturated rings. The highest BCUT2D eigenvalue weighted by atomic mass is 16.8. The molecule has 6 aliphatic heterocycles. The summed E-state index contributed by atoms with van der Waals surface area (Å²) >= 11 is 0. The first-order valence-electron chi connectivity index (χ1n) is 26.7. The number of hydrogen-bond acceptors (Lipinski definition) is 19. The van der Waals surface area contributed by atoms with Crippen LogP contribution in [0.1, 0.15) is 104 Å². The quantitative estimate of drug-likeness (QED) is 0.0782. The van der Waals surface area contributed by atoms with E-state index in [0.717, 1.165) is 11.1 Å². The molecule has 6 aliphatic rings. The SMILES string of the molecule is C=CC[C@@H]1CCC2(OC)O[C@@H]3[C@@H](O[C@H](C[C@@H](C)COC(C)=O)[C@@H]3OCc3ccccc3)[C@H](OC(C)=O)[C@H]2O1.COC12CC[C@H](CCO)O[C@@H]1[C@@H](OC(C)=O)[C@@H]1O[C@H](C[C@@H](C)COC(C)=O)[C@H](OCc3ccccc3)[C@@H]1O2. The lowest BCUT2D eigenvalue weighted by atomic mass is 9.84. The van der Waals surface area contributed by atoms with Gasteiger partial charge in [0.05, 0.1) is 50.8 Å². The maximum Gasteiger partial charge on any atom is 0.303 e. The van der Waals surface area contributed by atoms with Crippen LogP contribution in [0.2, 0.25) is 0 Å². The van der Waals surface area contributed by atoms with Crippen molar-refractivity contribution >= 4 is 23.9 Å². The van der Waals surface area contributed by atoms with Gasteiger partial charge in [-0.25, -0.2) is 0 Å². The van der Waals surface area contributed by atoms with Crippen molar-refractivity contribution in [1.29, 1.82) is 0 Å². The number of aliphatic hydroxyl groups excluding tert-OH is 1. The molecule has 1 N–H and O–H groups in total. The number of carbonyl (C=O) groups excluding carboxylic acids is 4. The van der Waals surface area contributed by atoms with E-state index in [4.69, 9.17) is 66.3 Å². The Morgan fingerprint density at radius 1 is 0.618 bits per heavy atom. The lowest BCUT2D eigenvalue weighted by molar-refractivity contribution is -0.383.